The van der Waals surface area contributed by atoms with Gasteiger partial charge in [-0.05, 0) is 35.9 Å². The number of piperazine rings is 1. The van der Waals surface area contributed by atoms with E-state index in [9.17, 15) is 14.0 Å². The predicted octanol–water partition coefficient (Wildman–Crippen LogP) is 3.49. The molecule has 7 nitrogen and oxygen atoms in total. The van der Waals surface area contributed by atoms with Crippen molar-refractivity contribution in [2.45, 2.75) is 6.04 Å². The van der Waals surface area contributed by atoms with Crippen LogP contribution in [0.15, 0.2) is 73.1 Å². The van der Waals surface area contributed by atoms with Gasteiger partial charge in [-0.15, -0.1) is 0 Å². The lowest BCUT2D eigenvalue weighted by Crippen LogP contribution is -2.50. The Balaban J connectivity index is 1.40. The van der Waals surface area contributed by atoms with E-state index in [0.29, 0.717) is 42.6 Å². The van der Waals surface area contributed by atoms with Crippen LogP contribution in [0, 0.1) is 5.82 Å². The van der Waals surface area contributed by atoms with Crippen molar-refractivity contribution in [2.75, 3.05) is 42.9 Å². The van der Waals surface area contributed by atoms with Crippen LogP contribution in [-0.2, 0) is 9.59 Å². The van der Waals surface area contributed by atoms with E-state index >= 15 is 0 Å². The molecule has 1 fully saturated rings. The summed E-state index contributed by atoms with van der Waals surface area (Å²) in [5.41, 5.74) is 1.88. The van der Waals surface area contributed by atoms with Gasteiger partial charge in [-0.1, -0.05) is 41.9 Å². The molecule has 0 unspecified atom stereocenters. The van der Waals surface area contributed by atoms with E-state index in [1.54, 1.807) is 48.8 Å². The van der Waals surface area contributed by atoms with E-state index in [1.807, 2.05) is 23.1 Å². The number of carbonyl (C=O) groups is 2. The Morgan fingerprint density at radius 1 is 0.971 bits per heavy atom. The number of aromatic nitrogens is 1. The zero-order valence-electron chi connectivity index (χ0n) is 18.5. The molecule has 34 heavy (non-hydrogen) atoms. The van der Waals surface area contributed by atoms with Crippen LogP contribution in [0.5, 0.6) is 0 Å². The summed E-state index contributed by atoms with van der Waals surface area (Å²) in [6.45, 7) is 2.82. The number of carbonyl (C=O) groups excluding carboxylic acids is 2. The summed E-state index contributed by atoms with van der Waals surface area (Å²) < 4.78 is 14.2. The highest BCUT2D eigenvalue weighted by Crippen LogP contribution is 2.25. The SMILES string of the molecule is O=C(NC[C@H](c1cccnc1)N1CCN(c2ccccc2F)CC1)C(=O)Nc1ccccc1Cl. The van der Waals surface area contributed by atoms with Gasteiger partial charge in [0, 0.05) is 45.1 Å². The number of hydrogen-bond acceptors (Lipinski definition) is 5. The van der Waals surface area contributed by atoms with E-state index < -0.39 is 11.8 Å². The van der Waals surface area contributed by atoms with Gasteiger partial charge in [0.25, 0.3) is 0 Å². The van der Waals surface area contributed by atoms with Crippen molar-refractivity contribution in [2.24, 2.45) is 0 Å². The van der Waals surface area contributed by atoms with Crippen LogP contribution in [0.1, 0.15) is 11.6 Å². The summed E-state index contributed by atoms with van der Waals surface area (Å²) in [5.74, 6) is -1.78. The first kappa shape index (κ1) is 23.7. The van der Waals surface area contributed by atoms with E-state index in [0.717, 1.165) is 5.56 Å². The van der Waals surface area contributed by atoms with Gasteiger partial charge in [0.15, 0.2) is 0 Å². The van der Waals surface area contributed by atoms with Gasteiger partial charge in [0.05, 0.1) is 22.4 Å². The highest BCUT2D eigenvalue weighted by Gasteiger charge is 2.27. The topological polar surface area (TPSA) is 77.6 Å². The van der Waals surface area contributed by atoms with Gasteiger partial charge in [-0.25, -0.2) is 4.39 Å². The summed E-state index contributed by atoms with van der Waals surface area (Å²) in [4.78, 5) is 33.3. The second-order valence-corrected chi connectivity index (χ2v) is 8.33. The molecule has 2 heterocycles. The second-order valence-electron chi connectivity index (χ2n) is 7.92. The third-order valence-corrected chi connectivity index (χ3v) is 6.13. The fourth-order valence-corrected chi connectivity index (χ4v) is 4.21. The third-order valence-electron chi connectivity index (χ3n) is 5.80. The van der Waals surface area contributed by atoms with Crippen LogP contribution in [0.2, 0.25) is 5.02 Å². The lowest BCUT2D eigenvalue weighted by atomic mass is 10.1. The number of anilines is 2. The zero-order valence-corrected chi connectivity index (χ0v) is 19.2. The Morgan fingerprint density at radius 2 is 1.71 bits per heavy atom. The maximum absolute atomic E-state index is 14.2. The number of para-hydroxylation sites is 2. The Morgan fingerprint density at radius 3 is 2.41 bits per heavy atom. The molecule has 0 saturated carbocycles. The summed E-state index contributed by atoms with van der Waals surface area (Å²) in [5, 5.41) is 5.62. The van der Waals surface area contributed by atoms with Crippen molar-refractivity contribution < 1.29 is 14.0 Å². The molecule has 176 valence electrons. The number of benzene rings is 2. The Hall–Kier alpha value is -3.49. The lowest BCUT2D eigenvalue weighted by molar-refractivity contribution is -0.136. The number of pyridine rings is 1. The summed E-state index contributed by atoms with van der Waals surface area (Å²) in [6.07, 6.45) is 3.44. The molecule has 3 aromatic rings. The minimum Gasteiger partial charge on any atom is -0.367 e. The smallest absolute Gasteiger partial charge is 0.313 e. The number of hydrogen-bond donors (Lipinski definition) is 2. The highest BCUT2D eigenvalue weighted by molar-refractivity contribution is 6.41. The molecule has 2 amide bonds. The van der Waals surface area contributed by atoms with Gasteiger partial charge >= 0.3 is 11.8 Å². The molecular weight excluding hydrogens is 457 g/mol. The number of halogens is 2. The summed E-state index contributed by atoms with van der Waals surface area (Å²) >= 11 is 6.06. The molecule has 0 aliphatic carbocycles. The molecule has 2 N–H and O–H groups in total. The molecule has 4 rings (SSSR count). The first-order valence-corrected chi connectivity index (χ1v) is 11.4. The van der Waals surface area contributed by atoms with Crippen LogP contribution >= 0.6 is 11.6 Å². The summed E-state index contributed by atoms with van der Waals surface area (Å²) in [7, 11) is 0. The van der Waals surface area contributed by atoms with Gasteiger partial charge in [0.1, 0.15) is 5.82 Å². The summed E-state index contributed by atoms with van der Waals surface area (Å²) in [6, 6.07) is 17.1. The minimum atomic E-state index is -0.789. The maximum atomic E-state index is 14.2. The standard InChI is InChI=1S/C25H25ClFN5O2/c26-19-7-1-3-9-21(19)30-25(34)24(33)29-17-23(18-6-5-11-28-16-18)32-14-12-31(13-15-32)22-10-4-2-8-20(22)27/h1-11,16,23H,12-15,17H2,(H,29,33)(H,30,34)/t23-/m1/s1. The van der Waals surface area contributed by atoms with Crippen LogP contribution in [0.4, 0.5) is 15.8 Å². The molecule has 1 atom stereocenters. The van der Waals surface area contributed by atoms with Crippen LogP contribution < -0.4 is 15.5 Å². The van der Waals surface area contributed by atoms with Crippen LogP contribution in [0.3, 0.4) is 0 Å². The van der Waals surface area contributed by atoms with Crippen LogP contribution in [0.25, 0.3) is 0 Å². The van der Waals surface area contributed by atoms with Crippen molar-refractivity contribution in [1.82, 2.24) is 15.2 Å². The monoisotopic (exact) mass is 481 g/mol. The molecule has 9 heteroatoms. The molecule has 1 aliphatic rings. The fourth-order valence-electron chi connectivity index (χ4n) is 4.02. The Labute approximate surface area is 202 Å². The molecule has 0 bridgehead atoms. The fraction of sp³-hybridized carbons (Fsp3) is 0.240. The van der Waals surface area contributed by atoms with Crippen LogP contribution in [-0.4, -0.2) is 54.4 Å². The number of nitrogens with zero attached hydrogens (tertiary/aromatic N) is 3. The largest absolute Gasteiger partial charge is 0.367 e. The lowest BCUT2D eigenvalue weighted by Gasteiger charge is -2.40. The first-order chi connectivity index (χ1) is 16.5. The van der Waals surface area contributed by atoms with Crippen molar-refractivity contribution in [3.8, 4) is 0 Å². The van der Waals surface area contributed by atoms with E-state index in [4.69, 9.17) is 11.6 Å². The van der Waals surface area contributed by atoms with Gasteiger partial charge in [-0.2, -0.15) is 0 Å². The molecule has 1 aromatic heterocycles. The normalized spacial score (nSPS) is 14.9. The first-order valence-electron chi connectivity index (χ1n) is 11.0. The maximum Gasteiger partial charge on any atom is 0.313 e. The van der Waals surface area contributed by atoms with Gasteiger partial charge < -0.3 is 15.5 Å². The minimum absolute atomic E-state index is 0.187. The molecule has 1 saturated heterocycles. The number of amides is 2. The molecule has 0 radical (unpaired) electrons. The molecule has 2 aromatic carbocycles. The van der Waals surface area contributed by atoms with E-state index in [2.05, 4.69) is 20.5 Å². The van der Waals surface area contributed by atoms with E-state index in [-0.39, 0.29) is 18.4 Å². The van der Waals surface area contributed by atoms with E-state index in [1.165, 1.54) is 6.07 Å². The number of rotatable bonds is 6. The van der Waals surface area contributed by atoms with Crippen molar-refractivity contribution >= 4 is 34.8 Å². The third kappa shape index (κ3) is 5.70. The predicted molar refractivity (Wildman–Crippen MR) is 130 cm³/mol. The Kier molecular flexibility index (Phi) is 7.72. The molecule has 0 spiro atoms. The van der Waals surface area contributed by atoms with Gasteiger partial charge in [0.2, 0.25) is 0 Å². The van der Waals surface area contributed by atoms with Crippen molar-refractivity contribution in [3.05, 3.63) is 89.5 Å². The second kappa shape index (κ2) is 11.1. The Bertz CT molecular complexity index is 1140. The highest BCUT2D eigenvalue weighted by atomic mass is 35.5. The zero-order chi connectivity index (χ0) is 23.9. The average Bonchev–Trinajstić information content (AvgIpc) is 2.87. The molecule has 1 aliphatic heterocycles. The van der Waals surface area contributed by atoms with Crippen molar-refractivity contribution in [1.29, 1.82) is 0 Å². The average molecular weight is 482 g/mol. The van der Waals surface area contributed by atoms with Crippen molar-refractivity contribution in [3.63, 3.8) is 0 Å². The molecular formula is C25H25ClFN5O2. The quantitative estimate of drug-likeness (QED) is 0.527. The van der Waals surface area contributed by atoms with Gasteiger partial charge in [-0.3, -0.25) is 19.5 Å². The number of nitrogens with one attached hydrogen (secondary N) is 2.